The van der Waals surface area contributed by atoms with Crippen molar-refractivity contribution in [3.63, 3.8) is 0 Å². The highest BCUT2D eigenvalue weighted by atomic mass is 19.1. The fraction of sp³-hybridized carbons (Fsp3) is 0.111. The quantitative estimate of drug-likeness (QED) is 0.645. The first-order valence-corrected chi connectivity index (χ1v) is 8.15. The molecule has 2 aromatic carbocycles. The second kappa shape index (κ2) is 6.61. The summed E-state index contributed by atoms with van der Waals surface area (Å²) in [4.78, 5) is 36.6. The molecule has 0 radical (unpaired) electrons. The van der Waals surface area contributed by atoms with Gasteiger partial charge in [-0.25, -0.2) is 24.6 Å². The third-order valence-corrected chi connectivity index (χ3v) is 4.29. The number of H-pyrrole nitrogens is 1. The lowest BCUT2D eigenvalue weighted by Crippen LogP contribution is -2.59. The predicted molar refractivity (Wildman–Crippen MR) is 95.6 cm³/mol. The average Bonchev–Trinajstić information content (AvgIpc) is 2.66. The van der Waals surface area contributed by atoms with Gasteiger partial charge in [-0.15, -0.1) is 0 Å². The van der Waals surface area contributed by atoms with E-state index in [4.69, 9.17) is 0 Å². The molecule has 0 saturated carbocycles. The first kappa shape index (κ1) is 16.9. The number of imide groups is 1. The van der Waals surface area contributed by atoms with E-state index in [2.05, 4.69) is 21.0 Å². The van der Waals surface area contributed by atoms with Crippen molar-refractivity contribution in [3.05, 3.63) is 69.9 Å². The molecule has 136 valence electrons. The molecule has 3 N–H and O–H groups in total. The van der Waals surface area contributed by atoms with Gasteiger partial charge in [-0.3, -0.25) is 15.0 Å². The molecule has 3 aromatic rings. The molecule has 4 rings (SSSR count). The van der Waals surface area contributed by atoms with E-state index in [1.165, 1.54) is 12.1 Å². The van der Waals surface area contributed by atoms with Crippen molar-refractivity contribution in [2.45, 2.75) is 6.42 Å². The van der Waals surface area contributed by atoms with E-state index in [1.807, 2.05) is 0 Å². The van der Waals surface area contributed by atoms with Gasteiger partial charge >= 0.3 is 6.03 Å². The third kappa shape index (κ3) is 3.04. The van der Waals surface area contributed by atoms with E-state index < -0.39 is 17.8 Å². The maximum absolute atomic E-state index is 14.3. The van der Waals surface area contributed by atoms with Crippen molar-refractivity contribution in [2.75, 3.05) is 11.4 Å². The molecule has 0 unspecified atom stereocenters. The summed E-state index contributed by atoms with van der Waals surface area (Å²) in [6.07, 6.45) is 0.284. The smallest absolute Gasteiger partial charge is 0.272 e. The largest absolute Gasteiger partial charge is 0.343 e. The van der Waals surface area contributed by atoms with Gasteiger partial charge in [-0.1, -0.05) is 24.3 Å². The number of fused-ring (bicyclic) bond motifs is 1. The van der Waals surface area contributed by atoms with Crippen molar-refractivity contribution in [2.24, 2.45) is 0 Å². The van der Waals surface area contributed by atoms with E-state index in [0.717, 1.165) is 4.90 Å². The summed E-state index contributed by atoms with van der Waals surface area (Å²) in [6, 6.07) is 10.4. The molecule has 1 fully saturated rings. The van der Waals surface area contributed by atoms with Crippen LogP contribution in [-0.2, 0) is 11.2 Å². The highest BCUT2D eigenvalue weighted by Gasteiger charge is 2.29. The van der Waals surface area contributed by atoms with Gasteiger partial charge in [0.05, 0.1) is 23.3 Å². The van der Waals surface area contributed by atoms with Gasteiger partial charge in [0.15, 0.2) is 0 Å². The minimum atomic E-state index is -0.755. The number of rotatable bonds is 3. The van der Waals surface area contributed by atoms with E-state index in [-0.39, 0.29) is 24.2 Å². The average molecular weight is 367 g/mol. The van der Waals surface area contributed by atoms with Crippen LogP contribution in [0.1, 0.15) is 11.3 Å². The van der Waals surface area contributed by atoms with Crippen LogP contribution >= 0.6 is 0 Å². The number of hydrazine groups is 1. The first-order chi connectivity index (χ1) is 13.0. The van der Waals surface area contributed by atoms with Gasteiger partial charge in [0.1, 0.15) is 5.82 Å². The number of halogens is 1. The molecular formula is C18H14FN5O3. The predicted octanol–water partition coefficient (Wildman–Crippen LogP) is 1.21. The maximum Gasteiger partial charge on any atom is 0.343 e. The second-order valence-corrected chi connectivity index (χ2v) is 6.02. The van der Waals surface area contributed by atoms with Crippen LogP contribution in [0.15, 0.2) is 47.3 Å². The summed E-state index contributed by atoms with van der Waals surface area (Å²) in [6.45, 7) is -0.137. The first-order valence-electron chi connectivity index (χ1n) is 8.15. The Kier molecular flexibility index (Phi) is 4.13. The molecule has 3 amide bonds. The zero-order valence-corrected chi connectivity index (χ0v) is 14.0. The number of hydrogen-bond donors (Lipinski definition) is 3. The molecule has 0 aliphatic carbocycles. The number of carbonyl (C=O) groups is 2. The number of aromatic nitrogens is 2. The van der Waals surface area contributed by atoms with Crippen molar-refractivity contribution < 1.29 is 14.0 Å². The zero-order chi connectivity index (χ0) is 19.0. The summed E-state index contributed by atoms with van der Waals surface area (Å²) in [5, 5.41) is 7.73. The van der Waals surface area contributed by atoms with E-state index in [9.17, 15) is 18.8 Å². The Bertz CT molecular complexity index is 1110. The van der Waals surface area contributed by atoms with Crippen molar-refractivity contribution >= 4 is 28.4 Å². The van der Waals surface area contributed by atoms with Crippen LogP contribution in [0.5, 0.6) is 0 Å². The monoisotopic (exact) mass is 367 g/mol. The summed E-state index contributed by atoms with van der Waals surface area (Å²) in [5.74, 6) is -1.26. The second-order valence-electron chi connectivity index (χ2n) is 6.02. The number of amides is 3. The summed E-state index contributed by atoms with van der Waals surface area (Å²) < 4.78 is 14.3. The number of hydrogen-bond acceptors (Lipinski definition) is 5. The van der Waals surface area contributed by atoms with Crippen LogP contribution in [0.2, 0.25) is 0 Å². The molecule has 1 aliphatic rings. The Morgan fingerprint density at radius 2 is 1.85 bits per heavy atom. The molecule has 1 aromatic heterocycles. The summed E-state index contributed by atoms with van der Waals surface area (Å²) >= 11 is 0. The van der Waals surface area contributed by atoms with Crippen molar-refractivity contribution in [1.29, 1.82) is 0 Å². The lowest BCUT2D eigenvalue weighted by Gasteiger charge is -2.26. The summed E-state index contributed by atoms with van der Waals surface area (Å²) in [5.41, 5.74) is 5.51. The molecule has 1 aliphatic heterocycles. The minimum Gasteiger partial charge on any atom is -0.272 e. The number of urea groups is 1. The van der Waals surface area contributed by atoms with Crippen LogP contribution in [-0.4, -0.2) is 28.7 Å². The molecule has 0 bridgehead atoms. The van der Waals surface area contributed by atoms with Crippen molar-refractivity contribution in [3.8, 4) is 0 Å². The highest BCUT2D eigenvalue weighted by Crippen LogP contribution is 2.24. The topological polar surface area (TPSA) is 107 Å². The van der Waals surface area contributed by atoms with Crippen LogP contribution in [0.4, 0.5) is 14.9 Å². The Balaban J connectivity index is 1.74. The van der Waals surface area contributed by atoms with E-state index >= 15 is 0 Å². The van der Waals surface area contributed by atoms with Crippen LogP contribution < -0.4 is 21.3 Å². The van der Waals surface area contributed by atoms with Gasteiger partial charge in [0.2, 0.25) is 0 Å². The minimum absolute atomic E-state index is 0.134. The number of nitrogens with zero attached hydrogens (tertiary/aromatic N) is 2. The highest BCUT2D eigenvalue weighted by molar-refractivity contribution is 6.16. The molecule has 0 spiro atoms. The molecule has 0 atom stereocenters. The molecule has 1 saturated heterocycles. The molecule has 2 heterocycles. The normalized spacial score (nSPS) is 14.5. The Labute approximate surface area is 152 Å². The van der Waals surface area contributed by atoms with Crippen molar-refractivity contribution in [1.82, 2.24) is 21.0 Å². The number of benzene rings is 2. The molecule has 27 heavy (non-hydrogen) atoms. The fourth-order valence-electron chi connectivity index (χ4n) is 3.03. The Hall–Kier alpha value is -3.59. The molecular weight excluding hydrogens is 353 g/mol. The Morgan fingerprint density at radius 1 is 1.07 bits per heavy atom. The third-order valence-electron chi connectivity index (χ3n) is 4.29. The number of nitrogens with one attached hydrogen (secondary N) is 3. The lowest BCUT2D eigenvalue weighted by molar-refractivity contribution is -0.117. The van der Waals surface area contributed by atoms with Crippen LogP contribution in [0.3, 0.4) is 0 Å². The zero-order valence-electron chi connectivity index (χ0n) is 14.0. The van der Waals surface area contributed by atoms with Gasteiger partial charge in [0.25, 0.3) is 11.5 Å². The van der Waals surface area contributed by atoms with Crippen LogP contribution in [0, 0.1) is 5.82 Å². The molecule has 9 heteroatoms. The van der Waals surface area contributed by atoms with E-state index in [0.29, 0.717) is 22.0 Å². The van der Waals surface area contributed by atoms with Gasteiger partial charge in [-0.2, -0.15) is 5.10 Å². The lowest BCUT2D eigenvalue weighted by atomic mass is 10.0. The SMILES string of the molecule is O=C1CNNC(=O)N1c1cc(Cc2n[nH]c(=O)c3ccccc23)ccc1F. The summed E-state index contributed by atoms with van der Waals surface area (Å²) in [7, 11) is 0. The van der Waals surface area contributed by atoms with Gasteiger partial charge < -0.3 is 0 Å². The molecule has 8 nitrogen and oxygen atoms in total. The van der Waals surface area contributed by atoms with Gasteiger partial charge in [0, 0.05) is 11.8 Å². The number of anilines is 1. The number of aromatic amines is 1. The standard InChI is InChI=1S/C18H14FN5O3/c19-13-6-5-10(8-15(13)24-16(25)9-20-23-18(24)27)7-14-11-3-1-2-4-12(11)17(26)22-21-14/h1-6,8,20H,7,9H2,(H,22,26)(H,23,27). The Morgan fingerprint density at radius 3 is 2.63 bits per heavy atom. The maximum atomic E-state index is 14.3. The fourth-order valence-corrected chi connectivity index (χ4v) is 3.03. The van der Waals surface area contributed by atoms with Crippen LogP contribution in [0.25, 0.3) is 10.8 Å². The number of carbonyl (C=O) groups excluding carboxylic acids is 2. The van der Waals surface area contributed by atoms with Gasteiger partial charge in [-0.05, 0) is 23.8 Å². The van der Waals surface area contributed by atoms with E-state index in [1.54, 1.807) is 30.3 Å².